The summed E-state index contributed by atoms with van der Waals surface area (Å²) < 4.78 is 67.7. The third-order valence-corrected chi connectivity index (χ3v) is 8.00. The zero-order chi connectivity index (χ0) is 21.8. The first kappa shape index (κ1) is 22.1. The Morgan fingerprint density at radius 2 is 1.73 bits per heavy atom. The van der Waals surface area contributed by atoms with Gasteiger partial charge in [-0.15, -0.1) is 0 Å². The number of sulfonamides is 1. The van der Waals surface area contributed by atoms with E-state index in [0.717, 1.165) is 6.07 Å². The molecule has 0 saturated carbocycles. The number of pyridine rings is 1. The van der Waals surface area contributed by atoms with E-state index in [1.807, 2.05) is 0 Å². The number of rotatable bonds is 8. The van der Waals surface area contributed by atoms with Gasteiger partial charge < -0.3 is 0 Å². The van der Waals surface area contributed by atoms with Gasteiger partial charge in [0, 0.05) is 18.9 Å². The molecule has 0 radical (unpaired) electrons. The van der Waals surface area contributed by atoms with Gasteiger partial charge in [-0.3, -0.25) is 4.98 Å². The molecule has 0 aliphatic heterocycles. The quantitative estimate of drug-likeness (QED) is 0.535. The molecule has 1 N–H and O–H groups in total. The van der Waals surface area contributed by atoms with Gasteiger partial charge in [0.2, 0.25) is 10.0 Å². The van der Waals surface area contributed by atoms with Gasteiger partial charge in [0.05, 0.1) is 10.6 Å². The Morgan fingerprint density at radius 1 is 1.00 bits per heavy atom. The van der Waals surface area contributed by atoms with Crippen LogP contribution in [-0.2, 0) is 25.6 Å². The maximum absolute atomic E-state index is 13.6. The first-order chi connectivity index (χ1) is 14.2. The Bertz CT molecular complexity index is 1220. The van der Waals surface area contributed by atoms with Crippen LogP contribution in [0, 0.1) is 12.7 Å². The van der Waals surface area contributed by atoms with E-state index >= 15 is 0 Å². The second-order valence-corrected chi connectivity index (χ2v) is 10.8. The molecule has 3 rings (SSSR count). The molecule has 9 heteroatoms. The average molecular weight is 449 g/mol. The smallest absolute Gasteiger partial charge is 0.215 e. The van der Waals surface area contributed by atoms with Crippen LogP contribution < -0.4 is 4.72 Å². The maximum Gasteiger partial charge on any atom is 0.215 e. The predicted molar refractivity (Wildman–Crippen MR) is 112 cm³/mol. The highest BCUT2D eigenvalue weighted by Gasteiger charge is 2.31. The number of aryl methyl sites for hydroxylation is 1. The zero-order valence-corrected chi connectivity index (χ0v) is 17.8. The van der Waals surface area contributed by atoms with Crippen LogP contribution in [0.1, 0.15) is 21.9 Å². The van der Waals surface area contributed by atoms with E-state index in [0.29, 0.717) is 11.1 Å². The summed E-state index contributed by atoms with van der Waals surface area (Å²) in [5, 5.41) is -1.22. The molecule has 0 bridgehead atoms. The highest BCUT2D eigenvalue weighted by Crippen LogP contribution is 2.29. The van der Waals surface area contributed by atoms with E-state index in [9.17, 15) is 21.2 Å². The fourth-order valence-electron chi connectivity index (χ4n) is 2.98. The molecular formula is C21H21FN2O4S2. The second kappa shape index (κ2) is 9.03. The van der Waals surface area contributed by atoms with E-state index in [1.165, 1.54) is 31.5 Å². The van der Waals surface area contributed by atoms with Gasteiger partial charge in [-0.1, -0.05) is 36.4 Å². The zero-order valence-electron chi connectivity index (χ0n) is 16.2. The molecule has 2 aromatic carbocycles. The molecule has 0 amide bonds. The van der Waals surface area contributed by atoms with Crippen LogP contribution in [0.2, 0.25) is 0 Å². The summed E-state index contributed by atoms with van der Waals surface area (Å²) in [6.45, 7) is 1.09. The molecule has 1 heterocycles. The summed E-state index contributed by atoms with van der Waals surface area (Å²) in [5.74, 6) is -0.793. The van der Waals surface area contributed by atoms with Crippen LogP contribution >= 0.6 is 0 Å². The van der Waals surface area contributed by atoms with Crippen LogP contribution in [0.5, 0.6) is 0 Å². The second-order valence-electron chi connectivity index (χ2n) is 6.82. The van der Waals surface area contributed by atoms with E-state index in [4.69, 9.17) is 0 Å². The number of hydrogen-bond donors (Lipinski definition) is 1. The number of halogens is 1. The largest absolute Gasteiger partial charge is 0.264 e. The van der Waals surface area contributed by atoms with Crippen LogP contribution in [-0.4, -0.2) is 28.4 Å². The third kappa shape index (κ3) is 5.29. The highest BCUT2D eigenvalue weighted by atomic mass is 32.2. The Kier molecular flexibility index (Phi) is 6.64. The van der Waals surface area contributed by atoms with Crippen LogP contribution in [0.15, 0.2) is 78.0 Å². The summed E-state index contributed by atoms with van der Waals surface area (Å²) in [5.41, 5.74) is 1.10. The van der Waals surface area contributed by atoms with Crippen molar-refractivity contribution in [2.75, 3.05) is 6.54 Å². The van der Waals surface area contributed by atoms with Gasteiger partial charge in [0.25, 0.3) is 0 Å². The Balaban J connectivity index is 1.91. The van der Waals surface area contributed by atoms with Gasteiger partial charge in [-0.05, 0) is 47.9 Å². The highest BCUT2D eigenvalue weighted by molar-refractivity contribution is 7.92. The molecular weight excluding hydrogens is 427 g/mol. The van der Waals surface area contributed by atoms with Gasteiger partial charge >= 0.3 is 0 Å². The Labute approximate surface area is 175 Å². The van der Waals surface area contributed by atoms with Gasteiger partial charge in [0.1, 0.15) is 11.1 Å². The molecule has 0 aliphatic rings. The van der Waals surface area contributed by atoms with Crippen molar-refractivity contribution >= 4 is 19.9 Å². The molecule has 0 spiro atoms. The molecule has 1 aromatic heterocycles. The minimum Gasteiger partial charge on any atom is -0.264 e. The fourth-order valence-corrected chi connectivity index (χ4v) is 5.97. The Morgan fingerprint density at radius 3 is 2.37 bits per heavy atom. The van der Waals surface area contributed by atoms with Gasteiger partial charge in [-0.25, -0.2) is 25.9 Å². The fraction of sp³-hybridized carbons (Fsp3) is 0.190. The summed E-state index contributed by atoms with van der Waals surface area (Å²) in [7, 11) is -7.81. The summed E-state index contributed by atoms with van der Waals surface area (Å²) in [4.78, 5) is 3.87. The molecule has 0 fully saturated rings. The topological polar surface area (TPSA) is 93.2 Å². The first-order valence-electron chi connectivity index (χ1n) is 9.10. The lowest BCUT2D eigenvalue weighted by molar-refractivity contribution is 0.567. The minimum atomic E-state index is -4.02. The van der Waals surface area contributed by atoms with E-state index in [2.05, 4.69) is 9.71 Å². The molecule has 3 aromatic rings. The third-order valence-electron chi connectivity index (χ3n) is 4.58. The molecule has 0 saturated heterocycles. The maximum atomic E-state index is 13.6. The van der Waals surface area contributed by atoms with Crippen LogP contribution in [0.4, 0.5) is 4.39 Å². The standard InChI is InChI=1S/C21H21FN2O4S2/c1-16-12-19(9-10-20(16)22)30(27,28)21(18-8-5-11-23-13-18)14-24-29(25,26)15-17-6-3-2-4-7-17/h2-13,21,24H,14-15H2,1H3/t21-/m1/s1. The van der Waals surface area contributed by atoms with Crippen molar-refractivity contribution in [1.82, 2.24) is 9.71 Å². The molecule has 6 nitrogen and oxygen atoms in total. The molecule has 30 heavy (non-hydrogen) atoms. The lowest BCUT2D eigenvalue weighted by Crippen LogP contribution is -2.32. The number of aromatic nitrogens is 1. The normalized spacial score (nSPS) is 13.1. The molecule has 158 valence electrons. The van der Waals surface area contributed by atoms with Crippen molar-refractivity contribution in [3.8, 4) is 0 Å². The van der Waals surface area contributed by atoms with Crippen molar-refractivity contribution < 1.29 is 21.2 Å². The minimum absolute atomic E-state index is 0.0856. The number of sulfone groups is 1. The van der Waals surface area contributed by atoms with Crippen molar-refractivity contribution in [1.29, 1.82) is 0 Å². The number of nitrogens with zero attached hydrogens (tertiary/aromatic N) is 1. The van der Waals surface area contributed by atoms with Crippen molar-refractivity contribution in [3.05, 3.63) is 95.6 Å². The van der Waals surface area contributed by atoms with Crippen molar-refractivity contribution in [3.63, 3.8) is 0 Å². The van der Waals surface area contributed by atoms with Crippen molar-refractivity contribution in [2.45, 2.75) is 22.8 Å². The predicted octanol–water partition coefficient (Wildman–Crippen LogP) is 3.16. The van der Waals surface area contributed by atoms with E-state index < -0.39 is 30.9 Å². The van der Waals surface area contributed by atoms with Gasteiger partial charge in [-0.2, -0.15) is 0 Å². The number of benzene rings is 2. The lowest BCUT2D eigenvalue weighted by Gasteiger charge is -2.19. The van der Waals surface area contributed by atoms with Crippen LogP contribution in [0.3, 0.4) is 0 Å². The van der Waals surface area contributed by atoms with Gasteiger partial charge in [0.15, 0.2) is 9.84 Å². The SMILES string of the molecule is Cc1cc(S(=O)(=O)[C@H](CNS(=O)(=O)Cc2ccccc2)c2cccnc2)ccc1F. The monoisotopic (exact) mass is 448 g/mol. The molecule has 1 atom stereocenters. The molecule has 0 aliphatic carbocycles. The Hall–Kier alpha value is -2.62. The summed E-state index contributed by atoms with van der Waals surface area (Å²) >= 11 is 0. The number of hydrogen-bond acceptors (Lipinski definition) is 5. The first-order valence-corrected chi connectivity index (χ1v) is 12.3. The molecule has 0 unspecified atom stereocenters. The van der Waals surface area contributed by atoms with Crippen molar-refractivity contribution in [2.24, 2.45) is 0 Å². The van der Waals surface area contributed by atoms with Crippen LogP contribution in [0.25, 0.3) is 0 Å². The van der Waals surface area contributed by atoms with E-state index in [1.54, 1.807) is 42.5 Å². The number of nitrogens with one attached hydrogen (secondary N) is 1. The summed E-state index contributed by atoms with van der Waals surface area (Å²) in [6, 6.07) is 15.2. The average Bonchev–Trinajstić information content (AvgIpc) is 2.71. The lowest BCUT2D eigenvalue weighted by atomic mass is 10.2. The summed E-state index contributed by atoms with van der Waals surface area (Å²) in [6.07, 6.45) is 2.87. The van der Waals surface area contributed by atoms with E-state index in [-0.39, 0.29) is 22.8 Å².